The third-order valence-electron chi connectivity index (χ3n) is 4.81. The second-order valence-corrected chi connectivity index (χ2v) is 7.13. The van der Waals surface area contributed by atoms with Crippen molar-refractivity contribution in [1.82, 2.24) is 24.1 Å². The van der Waals surface area contributed by atoms with Gasteiger partial charge in [0.1, 0.15) is 5.65 Å². The van der Waals surface area contributed by atoms with E-state index in [4.69, 9.17) is 6.57 Å². The molecule has 1 atom stereocenters. The molecule has 0 spiro atoms. The van der Waals surface area contributed by atoms with Crippen LogP contribution in [0.2, 0.25) is 0 Å². The van der Waals surface area contributed by atoms with Crippen molar-refractivity contribution < 1.29 is 13.2 Å². The first-order valence-corrected chi connectivity index (χ1v) is 9.18. The maximum atomic E-state index is 12.9. The van der Waals surface area contributed by atoms with Crippen molar-refractivity contribution in [3.8, 4) is 22.4 Å². The number of pyridine rings is 2. The Balaban J connectivity index is 1.77. The fourth-order valence-electron chi connectivity index (χ4n) is 3.21. The molecule has 30 heavy (non-hydrogen) atoms. The summed E-state index contributed by atoms with van der Waals surface area (Å²) in [7, 11) is 0. The van der Waals surface area contributed by atoms with Gasteiger partial charge in [-0.3, -0.25) is 4.68 Å². The summed E-state index contributed by atoms with van der Waals surface area (Å²) in [6.45, 7) is 10.0. The van der Waals surface area contributed by atoms with Gasteiger partial charge in [-0.1, -0.05) is 19.6 Å². The molecule has 0 aliphatic carbocycles. The van der Waals surface area contributed by atoms with Crippen molar-refractivity contribution in [2.75, 3.05) is 0 Å². The first-order valence-electron chi connectivity index (χ1n) is 9.18. The van der Waals surface area contributed by atoms with Crippen molar-refractivity contribution in [2.24, 2.45) is 5.92 Å². The largest absolute Gasteiger partial charge is 0.393 e. The molecule has 4 aromatic heterocycles. The first-order chi connectivity index (χ1) is 14.2. The Labute approximate surface area is 170 Å². The summed E-state index contributed by atoms with van der Waals surface area (Å²) in [4.78, 5) is 12.3. The highest BCUT2D eigenvalue weighted by molar-refractivity contribution is 5.82. The van der Waals surface area contributed by atoms with Crippen LogP contribution in [0.5, 0.6) is 0 Å². The highest BCUT2D eigenvalue weighted by Gasteiger charge is 2.36. The van der Waals surface area contributed by atoms with Crippen LogP contribution in [-0.2, 0) is 6.54 Å². The summed E-state index contributed by atoms with van der Waals surface area (Å²) in [6.07, 6.45) is 2.55. The summed E-state index contributed by atoms with van der Waals surface area (Å²) < 4.78 is 41.8. The summed E-state index contributed by atoms with van der Waals surface area (Å²) in [5.41, 5.74) is 4.22. The van der Waals surface area contributed by atoms with Crippen molar-refractivity contribution in [3.63, 3.8) is 0 Å². The quantitative estimate of drug-likeness (QED) is 0.428. The van der Waals surface area contributed by atoms with Crippen LogP contribution in [0, 0.1) is 19.4 Å². The number of aromatic nitrogens is 5. The number of aryl methyl sites for hydroxylation is 1. The number of hydrogen-bond acceptors (Lipinski definition) is 3. The SMILES string of the molecule is [C-]#[N+]c1ccc(-c2cnn(CC(C)C(F)(F)F)c2)c(-c2ccn3cc(C)nc3c2)n1. The van der Waals surface area contributed by atoms with E-state index in [0.717, 1.165) is 23.8 Å². The Bertz CT molecular complexity index is 1260. The van der Waals surface area contributed by atoms with Gasteiger partial charge in [-0.2, -0.15) is 18.3 Å². The lowest BCUT2D eigenvalue weighted by molar-refractivity contribution is -0.173. The van der Waals surface area contributed by atoms with Crippen molar-refractivity contribution in [3.05, 3.63) is 66.2 Å². The van der Waals surface area contributed by atoms with Crippen LogP contribution in [0.1, 0.15) is 12.6 Å². The molecule has 152 valence electrons. The molecule has 4 heterocycles. The van der Waals surface area contributed by atoms with Gasteiger partial charge in [0.25, 0.3) is 5.82 Å². The maximum absolute atomic E-state index is 12.9. The van der Waals surface area contributed by atoms with Crippen LogP contribution in [0.3, 0.4) is 0 Å². The van der Waals surface area contributed by atoms with E-state index in [0.29, 0.717) is 16.8 Å². The molecule has 0 amide bonds. The molecule has 6 nitrogen and oxygen atoms in total. The van der Waals surface area contributed by atoms with E-state index < -0.39 is 12.1 Å². The number of nitrogens with zero attached hydrogens (tertiary/aromatic N) is 6. The highest BCUT2D eigenvalue weighted by Crippen LogP contribution is 2.33. The van der Waals surface area contributed by atoms with Gasteiger partial charge in [0.2, 0.25) is 0 Å². The summed E-state index contributed by atoms with van der Waals surface area (Å²) in [5.74, 6) is -1.29. The Morgan fingerprint density at radius 2 is 1.93 bits per heavy atom. The van der Waals surface area contributed by atoms with Crippen molar-refractivity contribution in [2.45, 2.75) is 26.6 Å². The monoisotopic (exact) mass is 410 g/mol. The molecule has 0 saturated heterocycles. The number of imidazole rings is 1. The normalized spacial score (nSPS) is 12.8. The molecular formula is C21H17F3N6. The van der Waals surface area contributed by atoms with Gasteiger partial charge in [0.05, 0.1) is 24.4 Å². The molecule has 9 heteroatoms. The van der Waals surface area contributed by atoms with Gasteiger partial charge in [0.15, 0.2) is 5.69 Å². The number of fused-ring (bicyclic) bond motifs is 1. The van der Waals surface area contributed by atoms with Gasteiger partial charge >= 0.3 is 6.18 Å². The smallest absolute Gasteiger partial charge is 0.361 e. The molecule has 0 saturated carbocycles. The minimum Gasteiger partial charge on any atom is -0.361 e. The Kier molecular flexibility index (Phi) is 4.78. The molecule has 0 N–H and O–H groups in total. The summed E-state index contributed by atoms with van der Waals surface area (Å²) >= 11 is 0. The Morgan fingerprint density at radius 1 is 1.13 bits per heavy atom. The van der Waals surface area contributed by atoms with Crippen LogP contribution in [0.15, 0.2) is 49.1 Å². The van der Waals surface area contributed by atoms with Crippen LogP contribution in [0.25, 0.3) is 32.9 Å². The molecule has 0 aliphatic heterocycles. The fourth-order valence-corrected chi connectivity index (χ4v) is 3.21. The number of halogens is 3. The van der Waals surface area contributed by atoms with E-state index in [9.17, 15) is 13.2 Å². The topological polar surface area (TPSA) is 52.4 Å². The first kappa shape index (κ1) is 19.6. The maximum Gasteiger partial charge on any atom is 0.393 e. The Morgan fingerprint density at radius 3 is 2.67 bits per heavy atom. The third-order valence-corrected chi connectivity index (χ3v) is 4.81. The van der Waals surface area contributed by atoms with Crippen LogP contribution in [0.4, 0.5) is 19.0 Å². The number of rotatable bonds is 4. The van der Waals surface area contributed by atoms with Gasteiger partial charge in [-0.25, -0.2) is 4.98 Å². The van der Waals surface area contributed by atoms with E-state index >= 15 is 0 Å². The van der Waals surface area contributed by atoms with Crippen molar-refractivity contribution in [1.29, 1.82) is 0 Å². The minimum atomic E-state index is -4.28. The third kappa shape index (κ3) is 3.76. The summed E-state index contributed by atoms with van der Waals surface area (Å²) in [5, 5.41) is 4.09. The van der Waals surface area contributed by atoms with Crippen LogP contribution < -0.4 is 0 Å². The lowest BCUT2D eigenvalue weighted by Crippen LogP contribution is -2.24. The second kappa shape index (κ2) is 7.30. The average Bonchev–Trinajstić information content (AvgIpc) is 3.31. The van der Waals surface area contributed by atoms with Gasteiger partial charge in [-0.15, -0.1) is 4.98 Å². The fraction of sp³-hybridized carbons (Fsp3) is 0.238. The zero-order valence-corrected chi connectivity index (χ0v) is 16.2. The minimum absolute atomic E-state index is 0.228. The zero-order chi connectivity index (χ0) is 21.5. The van der Waals surface area contributed by atoms with Crippen LogP contribution in [-0.4, -0.2) is 30.3 Å². The number of hydrogen-bond donors (Lipinski definition) is 0. The van der Waals surface area contributed by atoms with E-state index in [2.05, 4.69) is 19.9 Å². The molecule has 0 radical (unpaired) electrons. The van der Waals surface area contributed by atoms with Gasteiger partial charge in [0, 0.05) is 35.3 Å². The van der Waals surface area contributed by atoms with E-state index in [1.165, 1.54) is 10.9 Å². The average molecular weight is 410 g/mol. The lowest BCUT2D eigenvalue weighted by Gasteiger charge is -2.15. The summed E-state index contributed by atoms with van der Waals surface area (Å²) in [6, 6.07) is 7.05. The van der Waals surface area contributed by atoms with Gasteiger partial charge < -0.3 is 9.25 Å². The molecule has 4 rings (SSSR count). The molecule has 0 aromatic carbocycles. The molecule has 1 unspecified atom stereocenters. The Hall–Kier alpha value is -3.67. The molecule has 0 aliphatic rings. The van der Waals surface area contributed by atoms with Crippen molar-refractivity contribution >= 4 is 11.5 Å². The van der Waals surface area contributed by atoms with E-state index in [1.807, 2.05) is 35.9 Å². The molecule has 0 fully saturated rings. The predicted octanol–water partition coefficient (Wildman–Crippen LogP) is 5.32. The van der Waals surface area contributed by atoms with Crippen LogP contribution >= 0.6 is 0 Å². The molecule has 4 aromatic rings. The molecular weight excluding hydrogens is 393 g/mol. The van der Waals surface area contributed by atoms with Gasteiger partial charge in [-0.05, 0) is 25.1 Å². The molecule has 0 bridgehead atoms. The van der Waals surface area contributed by atoms with E-state index in [-0.39, 0.29) is 12.4 Å². The van der Waals surface area contributed by atoms with E-state index in [1.54, 1.807) is 18.3 Å². The lowest BCUT2D eigenvalue weighted by atomic mass is 10.0. The predicted molar refractivity (Wildman–Crippen MR) is 106 cm³/mol. The standard InChI is InChI=1S/C21H17F3N6/c1-13(21(22,23)24)10-30-12-16(9-26-30)17-4-5-18(25-3)28-20(17)15-6-7-29-11-14(2)27-19(29)8-15/h4-9,11-13H,10H2,1-2H3. The highest BCUT2D eigenvalue weighted by atomic mass is 19.4. The zero-order valence-electron chi connectivity index (χ0n) is 16.2. The number of alkyl halides is 3. The second-order valence-electron chi connectivity index (χ2n) is 7.13.